The second-order valence-electron chi connectivity index (χ2n) is 4.24. The number of aromatic nitrogens is 1. The van der Waals surface area contributed by atoms with Gasteiger partial charge in [-0.25, -0.2) is 4.98 Å². The van der Waals surface area contributed by atoms with Gasteiger partial charge >= 0.3 is 0 Å². The summed E-state index contributed by atoms with van der Waals surface area (Å²) in [5, 5.41) is 6.80. The van der Waals surface area contributed by atoms with Gasteiger partial charge in [0.25, 0.3) is 0 Å². The smallest absolute Gasteiger partial charge is 0.172 e. The molecule has 1 aromatic heterocycles. The number of nitrogens with zero attached hydrogens (tertiary/aromatic N) is 1. The van der Waals surface area contributed by atoms with Crippen LogP contribution in [0.4, 0.5) is 5.82 Å². The summed E-state index contributed by atoms with van der Waals surface area (Å²) in [5.41, 5.74) is 1.10. The van der Waals surface area contributed by atoms with E-state index in [4.69, 9.17) is 12.2 Å². The van der Waals surface area contributed by atoms with Crippen LogP contribution in [-0.4, -0.2) is 10.1 Å². The van der Waals surface area contributed by atoms with Crippen LogP contribution in [0.2, 0.25) is 0 Å². The first kappa shape index (κ1) is 15.3. The van der Waals surface area contributed by atoms with Gasteiger partial charge in [-0.2, -0.15) is 0 Å². The van der Waals surface area contributed by atoms with Crippen molar-refractivity contribution in [2.45, 2.75) is 17.9 Å². The Bertz CT molecular complexity index is 602. The van der Waals surface area contributed by atoms with E-state index in [9.17, 15) is 0 Å². The Balaban J connectivity index is 1.98. The average molecular weight is 368 g/mol. The zero-order valence-electron chi connectivity index (χ0n) is 10.8. The van der Waals surface area contributed by atoms with Gasteiger partial charge < -0.3 is 10.6 Å². The molecule has 2 rings (SSSR count). The standard InChI is InChI=1S/C14H14BrN3S2/c1-9(11-4-2-3-5-12(11)19)17-14(20)18-13-7-6-10(15)8-16-13/h2-9,19H,1H3,(H2,16,17,18,20). The van der Waals surface area contributed by atoms with E-state index in [1.54, 1.807) is 6.20 Å². The molecule has 3 nitrogen and oxygen atoms in total. The quantitative estimate of drug-likeness (QED) is 0.561. The van der Waals surface area contributed by atoms with E-state index in [0.717, 1.165) is 14.9 Å². The Morgan fingerprint density at radius 2 is 2.05 bits per heavy atom. The van der Waals surface area contributed by atoms with Gasteiger partial charge in [0.2, 0.25) is 0 Å². The summed E-state index contributed by atoms with van der Waals surface area (Å²) in [4.78, 5) is 5.16. The Morgan fingerprint density at radius 1 is 1.30 bits per heavy atom. The van der Waals surface area contributed by atoms with Crippen molar-refractivity contribution in [2.75, 3.05) is 5.32 Å². The molecule has 6 heteroatoms. The third kappa shape index (κ3) is 4.19. The van der Waals surface area contributed by atoms with Crippen molar-refractivity contribution in [3.63, 3.8) is 0 Å². The Morgan fingerprint density at radius 3 is 2.70 bits per heavy atom. The van der Waals surface area contributed by atoms with E-state index >= 15 is 0 Å². The molecule has 1 heterocycles. The number of benzene rings is 1. The monoisotopic (exact) mass is 367 g/mol. The molecular formula is C14H14BrN3S2. The summed E-state index contributed by atoms with van der Waals surface area (Å²) in [6.45, 7) is 2.04. The maximum atomic E-state index is 5.29. The van der Waals surface area contributed by atoms with Crippen LogP contribution in [-0.2, 0) is 0 Å². The molecule has 0 amide bonds. The second kappa shape index (κ2) is 7.06. The van der Waals surface area contributed by atoms with Gasteiger partial charge in [-0.1, -0.05) is 18.2 Å². The summed E-state index contributed by atoms with van der Waals surface area (Å²) in [6.07, 6.45) is 1.72. The summed E-state index contributed by atoms with van der Waals surface area (Å²) in [6, 6.07) is 11.8. The minimum absolute atomic E-state index is 0.0687. The third-order valence-electron chi connectivity index (χ3n) is 2.72. The molecule has 0 bridgehead atoms. The number of rotatable bonds is 3. The molecule has 1 unspecified atom stereocenters. The minimum atomic E-state index is 0.0687. The molecule has 0 fully saturated rings. The number of thiocarbonyl (C=S) groups is 1. The number of thiol groups is 1. The van der Waals surface area contributed by atoms with Crippen molar-refractivity contribution in [2.24, 2.45) is 0 Å². The van der Waals surface area contributed by atoms with Crippen molar-refractivity contribution in [3.8, 4) is 0 Å². The second-order valence-corrected chi connectivity index (χ2v) is 6.05. The molecule has 20 heavy (non-hydrogen) atoms. The summed E-state index contributed by atoms with van der Waals surface area (Å²) < 4.78 is 0.930. The molecule has 1 aromatic carbocycles. The van der Waals surface area contributed by atoms with Gasteiger partial charge in [-0.15, -0.1) is 12.6 Å². The SMILES string of the molecule is CC(NC(=S)Nc1ccc(Br)cn1)c1ccccc1S. The topological polar surface area (TPSA) is 37.0 Å². The molecule has 0 saturated carbocycles. The zero-order chi connectivity index (χ0) is 14.5. The van der Waals surface area contributed by atoms with Crippen LogP contribution >= 0.6 is 40.8 Å². The molecule has 0 spiro atoms. The van der Waals surface area contributed by atoms with Crippen molar-refractivity contribution in [1.29, 1.82) is 0 Å². The van der Waals surface area contributed by atoms with Crippen molar-refractivity contribution in [1.82, 2.24) is 10.3 Å². The van der Waals surface area contributed by atoms with Crippen LogP contribution in [0, 0.1) is 0 Å². The molecule has 104 valence electrons. The zero-order valence-corrected chi connectivity index (χ0v) is 14.1. The van der Waals surface area contributed by atoms with Crippen LogP contribution in [0.15, 0.2) is 52.0 Å². The van der Waals surface area contributed by atoms with Gasteiger partial charge in [0.1, 0.15) is 5.82 Å². The summed E-state index contributed by atoms with van der Waals surface area (Å²) in [5.74, 6) is 0.706. The number of anilines is 1. The van der Waals surface area contributed by atoms with Crippen LogP contribution in [0.25, 0.3) is 0 Å². The third-order valence-corrected chi connectivity index (χ3v) is 3.82. The maximum absolute atomic E-state index is 5.29. The highest BCUT2D eigenvalue weighted by molar-refractivity contribution is 9.10. The highest BCUT2D eigenvalue weighted by atomic mass is 79.9. The molecule has 0 aliphatic rings. The Labute approximate surface area is 137 Å². The molecular weight excluding hydrogens is 354 g/mol. The summed E-state index contributed by atoms with van der Waals surface area (Å²) in [7, 11) is 0. The lowest BCUT2D eigenvalue weighted by Gasteiger charge is -2.18. The lowest BCUT2D eigenvalue weighted by molar-refractivity contribution is 0.708. The fourth-order valence-corrected chi connectivity index (χ4v) is 2.60. The molecule has 0 radical (unpaired) electrons. The van der Waals surface area contributed by atoms with Crippen LogP contribution in [0.5, 0.6) is 0 Å². The van der Waals surface area contributed by atoms with Gasteiger partial charge in [0.15, 0.2) is 5.11 Å². The normalized spacial score (nSPS) is 11.8. The highest BCUT2D eigenvalue weighted by Crippen LogP contribution is 2.20. The maximum Gasteiger partial charge on any atom is 0.172 e. The molecule has 0 saturated heterocycles. The lowest BCUT2D eigenvalue weighted by Crippen LogP contribution is -2.31. The van der Waals surface area contributed by atoms with E-state index in [0.29, 0.717) is 10.9 Å². The predicted molar refractivity (Wildman–Crippen MR) is 93.4 cm³/mol. The molecule has 2 N–H and O–H groups in total. The Kier molecular flexibility index (Phi) is 5.39. The average Bonchev–Trinajstić information content (AvgIpc) is 2.41. The first-order valence-electron chi connectivity index (χ1n) is 6.03. The van der Waals surface area contributed by atoms with Crippen molar-refractivity contribution in [3.05, 3.63) is 52.6 Å². The Hall–Kier alpha value is -1.11. The fraction of sp³-hybridized carbons (Fsp3) is 0.143. The first-order chi connectivity index (χ1) is 9.56. The van der Waals surface area contributed by atoms with Crippen LogP contribution in [0.3, 0.4) is 0 Å². The first-order valence-corrected chi connectivity index (χ1v) is 7.68. The molecule has 0 aliphatic carbocycles. The van der Waals surface area contributed by atoms with Crippen LogP contribution in [0.1, 0.15) is 18.5 Å². The van der Waals surface area contributed by atoms with Crippen molar-refractivity contribution < 1.29 is 0 Å². The van der Waals surface area contributed by atoms with E-state index in [-0.39, 0.29) is 6.04 Å². The van der Waals surface area contributed by atoms with E-state index in [1.165, 1.54) is 0 Å². The van der Waals surface area contributed by atoms with Gasteiger partial charge in [0, 0.05) is 15.6 Å². The summed E-state index contributed by atoms with van der Waals surface area (Å²) >= 11 is 13.1. The van der Waals surface area contributed by atoms with Crippen molar-refractivity contribution >= 4 is 51.7 Å². The van der Waals surface area contributed by atoms with E-state index < -0.39 is 0 Å². The van der Waals surface area contributed by atoms with E-state index in [1.807, 2.05) is 43.3 Å². The van der Waals surface area contributed by atoms with E-state index in [2.05, 4.69) is 44.2 Å². The predicted octanol–water partition coefficient (Wildman–Crippen LogP) is 4.18. The van der Waals surface area contributed by atoms with Gasteiger partial charge in [-0.05, 0) is 58.8 Å². The molecule has 0 aliphatic heterocycles. The number of halogens is 1. The number of hydrogen-bond donors (Lipinski definition) is 3. The lowest BCUT2D eigenvalue weighted by atomic mass is 10.1. The number of pyridine rings is 1. The van der Waals surface area contributed by atoms with Gasteiger partial charge in [0.05, 0.1) is 6.04 Å². The number of nitrogens with one attached hydrogen (secondary N) is 2. The molecule has 2 aromatic rings. The largest absolute Gasteiger partial charge is 0.356 e. The van der Waals surface area contributed by atoms with Gasteiger partial charge in [-0.3, -0.25) is 0 Å². The number of hydrogen-bond acceptors (Lipinski definition) is 3. The minimum Gasteiger partial charge on any atom is -0.356 e. The molecule has 1 atom stereocenters. The van der Waals surface area contributed by atoms with Crippen LogP contribution < -0.4 is 10.6 Å². The highest BCUT2D eigenvalue weighted by Gasteiger charge is 2.09. The fourth-order valence-electron chi connectivity index (χ4n) is 1.73.